The maximum Gasteiger partial charge on any atom is 0.433 e. The van der Waals surface area contributed by atoms with Gasteiger partial charge in [0.1, 0.15) is 11.3 Å². The summed E-state index contributed by atoms with van der Waals surface area (Å²) >= 11 is 0. The number of aryl methyl sites for hydroxylation is 1. The molecule has 186 valence electrons. The molecule has 2 aliphatic rings. The number of amides is 1. The van der Waals surface area contributed by atoms with Crippen molar-refractivity contribution in [3.05, 3.63) is 22.9 Å². The fourth-order valence-corrected chi connectivity index (χ4v) is 6.76. The first-order valence-corrected chi connectivity index (χ1v) is 13.4. The van der Waals surface area contributed by atoms with Crippen LogP contribution in [0.3, 0.4) is 0 Å². The van der Waals surface area contributed by atoms with Gasteiger partial charge in [0, 0.05) is 12.3 Å². The van der Waals surface area contributed by atoms with Gasteiger partial charge < -0.3 is 10.1 Å². The van der Waals surface area contributed by atoms with Gasteiger partial charge in [-0.2, -0.15) is 13.2 Å². The van der Waals surface area contributed by atoms with Crippen LogP contribution in [0.2, 0.25) is 0 Å². The number of pyridine rings is 1. The number of aromatic nitrogens is 1. The van der Waals surface area contributed by atoms with Crippen molar-refractivity contribution in [2.75, 3.05) is 24.7 Å². The highest BCUT2D eigenvalue weighted by atomic mass is 32.2. The van der Waals surface area contributed by atoms with E-state index in [1.54, 1.807) is 6.92 Å². The number of rotatable bonds is 11. The highest BCUT2D eigenvalue weighted by Crippen LogP contribution is 2.54. The highest BCUT2D eigenvalue weighted by Gasteiger charge is 2.48. The first-order chi connectivity index (χ1) is 15.4. The number of sulfone groups is 1. The monoisotopic (exact) mass is 490 g/mol. The molecule has 2 saturated carbocycles. The van der Waals surface area contributed by atoms with Gasteiger partial charge in [0.05, 0.1) is 12.4 Å². The number of hydrogen-bond acceptors (Lipinski definition) is 5. The van der Waals surface area contributed by atoms with E-state index < -0.39 is 27.6 Å². The number of halogens is 3. The average molecular weight is 491 g/mol. The van der Waals surface area contributed by atoms with Gasteiger partial charge in [0.15, 0.2) is 9.84 Å². The minimum absolute atomic E-state index is 0.00724. The van der Waals surface area contributed by atoms with Gasteiger partial charge in [-0.1, -0.05) is 19.8 Å². The Morgan fingerprint density at radius 2 is 1.91 bits per heavy atom. The number of carbonyl (C=O) groups excluding carboxylic acids is 1. The molecule has 6 nitrogen and oxygen atoms in total. The van der Waals surface area contributed by atoms with Crippen molar-refractivity contribution in [3.8, 4) is 5.88 Å². The molecule has 3 rings (SSSR count). The lowest BCUT2D eigenvalue weighted by molar-refractivity contribution is -0.141. The molecule has 0 spiro atoms. The molecule has 0 radical (unpaired) electrons. The zero-order valence-electron chi connectivity index (χ0n) is 19.4. The van der Waals surface area contributed by atoms with Crippen molar-refractivity contribution in [3.63, 3.8) is 0 Å². The summed E-state index contributed by atoms with van der Waals surface area (Å²) in [4.78, 5) is 16.5. The summed E-state index contributed by atoms with van der Waals surface area (Å²) in [6.45, 7) is 5.34. The second-order valence-corrected chi connectivity index (χ2v) is 11.9. The Labute approximate surface area is 193 Å². The Kier molecular flexibility index (Phi) is 7.65. The molecular weight excluding hydrogens is 457 g/mol. The summed E-state index contributed by atoms with van der Waals surface area (Å²) in [6, 6.07) is 0.857. The van der Waals surface area contributed by atoms with E-state index in [-0.39, 0.29) is 46.5 Å². The quantitative estimate of drug-likeness (QED) is 0.492. The smallest absolute Gasteiger partial charge is 0.433 e. The van der Waals surface area contributed by atoms with Crippen LogP contribution < -0.4 is 10.1 Å². The Balaban J connectivity index is 1.71. The summed E-state index contributed by atoms with van der Waals surface area (Å²) in [5, 5.41) is 2.89. The molecule has 0 saturated heterocycles. The SMILES string of the molecule is CCCS(=O)(=O)CC1CC(CNC(=O)c2c(C)cc(C(F)(F)F)nc2OCC)(CC2CC2)C1. The predicted octanol–water partition coefficient (Wildman–Crippen LogP) is 4.56. The zero-order chi connectivity index (χ0) is 24.4. The Morgan fingerprint density at radius 1 is 1.24 bits per heavy atom. The normalized spacial score (nSPS) is 23.2. The van der Waals surface area contributed by atoms with Crippen LogP contribution in [0.4, 0.5) is 13.2 Å². The molecule has 1 heterocycles. The summed E-state index contributed by atoms with van der Waals surface area (Å²) in [5.41, 5.74) is -1.11. The standard InChI is InChI=1S/C23H33F3N2O4S/c1-4-8-33(30,31)13-17-11-22(12-17,10-16-6-7-16)14-27-20(29)19-15(3)9-18(23(24,25)26)28-21(19)32-5-2/h9,16-17H,4-8,10-14H2,1-3H3,(H,27,29). The van der Waals surface area contributed by atoms with Crippen molar-refractivity contribution in [2.45, 2.75) is 65.5 Å². The van der Waals surface area contributed by atoms with Crippen LogP contribution in [0.5, 0.6) is 5.88 Å². The average Bonchev–Trinajstić information content (AvgIpc) is 3.47. The lowest BCUT2D eigenvalue weighted by Crippen LogP contribution is -2.48. The molecule has 1 amide bonds. The maximum absolute atomic E-state index is 13.1. The molecule has 33 heavy (non-hydrogen) atoms. The Hall–Kier alpha value is -1.84. The third-order valence-electron chi connectivity index (χ3n) is 6.47. The summed E-state index contributed by atoms with van der Waals surface area (Å²) in [5.74, 6) is 0.216. The van der Waals surface area contributed by atoms with E-state index in [2.05, 4.69) is 10.3 Å². The van der Waals surface area contributed by atoms with Gasteiger partial charge in [-0.15, -0.1) is 0 Å². The molecule has 1 aromatic rings. The minimum Gasteiger partial charge on any atom is -0.477 e. The highest BCUT2D eigenvalue weighted by molar-refractivity contribution is 7.91. The third kappa shape index (κ3) is 6.61. The van der Waals surface area contributed by atoms with Crippen LogP contribution in [0.1, 0.15) is 74.0 Å². The van der Waals surface area contributed by atoms with Crippen LogP contribution in [0.15, 0.2) is 6.07 Å². The molecule has 0 atom stereocenters. The van der Waals surface area contributed by atoms with Crippen LogP contribution >= 0.6 is 0 Å². The van der Waals surface area contributed by atoms with E-state index in [1.807, 2.05) is 6.92 Å². The van der Waals surface area contributed by atoms with Crippen molar-refractivity contribution in [1.82, 2.24) is 10.3 Å². The number of nitrogens with zero attached hydrogens (tertiary/aromatic N) is 1. The van der Waals surface area contributed by atoms with E-state index in [0.717, 1.165) is 38.2 Å². The largest absolute Gasteiger partial charge is 0.477 e. The van der Waals surface area contributed by atoms with Crippen LogP contribution in [0, 0.1) is 24.2 Å². The number of hydrogen-bond donors (Lipinski definition) is 1. The molecule has 0 unspecified atom stereocenters. The first kappa shape index (κ1) is 25.8. The zero-order valence-corrected chi connectivity index (χ0v) is 20.2. The summed E-state index contributed by atoms with van der Waals surface area (Å²) < 4.78 is 69.1. The lowest BCUT2D eigenvalue weighted by Gasteiger charge is -2.48. The van der Waals surface area contributed by atoms with Crippen LogP contribution in [-0.2, 0) is 16.0 Å². The van der Waals surface area contributed by atoms with E-state index in [1.165, 1.54) is 6.92 Å². The predicted molar refractivity (Wildman–Crippen MR) is 119 cm³/mol. The molecule has 1 aromatic heterocycles. The van der Waals surface area contributed by atoms with Crippen LogP contribution in [0.25, 0.3) is 0 Å². The first-order valence-electron chi connectivity index (χ1n) is 11.6. The number of alkyl halides is 3. The number of nitrogens with one attached hydrogen (secondary N) is 1. The molecule has 0 aliphatic heterocycles. The Morgan fingerprint density at radius 3 is 2.45 bits per heavy atom. The van der Waals surface area contributed by atoms with Crippen molar-refractivity contribution in [1.29, 1.82) is 0 Å². The fraction of sp³-hybridized carbons (Fsp3) is 0.739. The van der Waals surface area contributed by atoms with Crippen molar-refractivity contribution < 1.29 is 31.1 Å². The van der Waals surface area contributed by atoms with Gasteiger partial charge >= 0.3 is 6.18 Å². The second-order valence-electron chi connectivity index (χ2n) is 9.65. The van der Waals surface area contributed by atoms with Gasteiger partial charge in [-0.05, 0) is 68.4 Å². The molecule has 0 aromatic carbocycles. The second kappa shape index (κ2) is 9.80. The molecule has 10 heteroatoms. The topological polar surface area (TPSA) is 85.4 Å². The van der Waals surface area contributed by atoms with Crippen molar-refractivity contribution >= 4 is 15.7 Å². The van der Waals surface area contributed by atoms with Gasteiger partial charge in [-0.3, -0.25) is 4.79 Å². The molecule has 0 bridgehead atoms. The van der Waals surface area contributed by atoms with Gasteiger partial charge in [-0.25, -0.2) is 13.4 Å². The lowest BCUT2D eigenvalue weighted by atomic mass is 9.60. The van der Waals surface area contributed by atoms with Crippen molar-refractivity contribution in [2.24, 2.45) is 17.3 Å². The van der Waals surface area contributed by atoms with Gasteiger partial charge in [0.25, 0.3) is 5.91 Å². The minimum atomic E-state index is -4.64. The third-order valence-corrected chi connectivity index (χ3v) is 8.48. The van der Waals surface area contributed by atoms with E-state index in [9.17, 15) is 26.4 Å². The van der Waals surface area contributed by atoms with Gasteiger partial charge in [0.2, 0.25) is 5.88 Å². The fourth-order valence-electron chi connectivity index (χ4n) is 5.02. The van der Waals surface area contributed by atoms with Crippen LogP contribution in [-0.4, -0.2) is 44.0 Å². The Bertz CT molecular complexity index is 969. The number of ether oxygens (including phenoxy) is 1. The van der Waals surface area contributed by atoms with E-state index >= 15 is 0 Å². The van der Waals surface area contributed by atoms with E-state index in [0.29, 0.717) is 18.9 Å². The van der Waals surface area contributed by atoms with E-state index in [4.69, 9.17) is 4.74 Å². The molecule has 2 aliphatic carbocycles. The molecule has 2 fully saturated rings. The number of carbonyl (C=O) groups is 1. The maximum atomic E-state index is 13.1. The molecular formula is C23H33F3N2O4S. The summed E-state index contributed by atoms with van der Waals surface area (Å²) in [6.07, 6.45) is 0.639. The summed E-state index contributed by atoms with van der Waals surface area (Å²) in [7, 11) is -3.07. The molecule has 1 N–H and O–H groups in total.